The monoisotopic (exact) mass is 442 g/mol. The Hall–Kier alpha value is -3.90. The van der Waals surface area contributed by atoms with Gasteiger partial charge in [-0.25, -0.2) is 4.68 Å². The fourth-order valence-electron chi connectivity index (χ4n) is 3.69. The minimum Gasteiger partial charge on any atom is -0.348 e. The van der Waals surface area contributed by atoms with E-state index in [2.05, 4.69) is 15.4 Å². The average molecular weight is 443 g/mol. The van der Waals surface area contributed by atoms with Gasteiger partial charge in [0.25, 0.3) is 11.5 Å². The lowest BCUT2D eigenvalue weighted by molar-refractivity contribution is 0.0951. The first-order valence-corrected chi connectivity index (χ1v) is 10.5. The van der Waals surface area contributed by atoms with Gasteiger partial charge in [0.1, 0.15) is 0 Å². The highest BCUT2D eigenvalue weighted by atomic mass is 35.5. The van der Waals surface area contributed by atoms with E-state index in [1.807, 2.05) is 49.4 Å². The van der Waals surface area contributed by atoms with Crippen molar-refractivity contribution in [3.05, 3.63) is 105 Å². The molecule has 1 amide bonds. The Bertz CT molecular complexity index is 1530. The van der Waals surface area contributed by atoms with Crippen molar-refractivity contribution < 1.29 is 4.79 Å². The molecule has 0 aliphatic rings. The van der Waals surface area contributed by atoms with Crippen LogP contribution < -0.4 is 10.9 Å². The molecule has 158 valence electrons. The maximum absolute atomic E-state index is 13.0. The number of nitrogens with zero attached hydrogens (tertiary/aromatic N) is 2. The van der Waals surface area contributed by atoms with Crippen molar-refractivity contribution in [2.24, 2.45) is 0 Å². The van der Waals surface area contributed by atoms with Gasteiger partial charge < -0.3 is 5.32 Å². The molecule has 2 aromatic heterocycles. The zero-order valence-corrected chi connectivity index (χ0v) is 18.0. The maximum Gasteiger partial charge on any atom is 0.280 e. The van der Waals surface area contributed by atoms with Crippen LogP contribution >= 0.6 is 11.6 Å². The van der Waals surface area contributed by atoms with Gasteiger partial charge in [0, 0.05) is 28.7 Å². The molecule has 5 rings (SSSR count). The van der Waals surface area contributed by atoms with Crippen LogP contribution in [0.1, 0.15) is 21.5 Å². The summed E-state index contributed by atoms with van der Waals surface area (Å²) >= 11 is 6.18. The van der Waals surface area contributed by atoms with Crippen LogP contribution in [-0.2, 0) is 6.54 Å². The highest BCUT2D eigenvalue weighted by molar-refractivity contribution is 6.31. The molecule has 2 N–H and O–H groups in total. The number of pyridine rings is 1. The Morgan fingerprint density at radius 1 is 1.06 bits per heavy atom. The van der Waals surface area contributed by atoms with E-state index < -0.39 is 0 Å². The number of aryl methyl sites for hydroxylation is 1. The number of amides is 1. The van der Waals surface area contributed by atoms with Crippen molar-refractivity contribution in [2.45, 2.75) is 13.5 Å². The number of hydrogen-bond acceptors (Lipinski definition) is 3. The maximum atomic E-state index is 13.0. The molecule has 0 atom stereocenters. The lowest BCUT2D eigenvalue weighted by atomic mass is 10.1. The number of H-pyrrole nitrogens is 1. The Balaban J connectivity index is 1.53. The van der Waals surface area contributed by atoms with Crippen LogP contribution in [0.4, 0.5) is 0 Å². The lowest BCUT2D eigenvalue weighted by Gasteiger charge is -2.08. The minimum absolute atomic E-state index is 0.188. The topological polar surface area (TPSA) is 79.8 Å². The van der Waals surface area contributed by atoms with Gasteiger partial charge in [0.05, 0.1) is 22.1 Å². The number of nitrogens with one attached hydrogen (secondary N) is 2. The lowest BCUT2D eigenvalue weighted by Crippen LogP contribution is -2.22. The predicted molar refractivity (Wildman–Crippen MR) is 127 cm³/mol. The molecule has 0 saturated heterocycles. The first kappa shape index (κ1) is 20.0. The molecule has 7 heteroatoms. The zero-order chi connectivity index (χ0) is 22.2. The Morgan fingerprint density at radius 2 is 1.84 bits per heavy atom. The van der Waals surface area contributed by atoms with Crippen molar-refractivity contribution in [3.63, 3.8) is 0 Å². The van der Waals surface area contributed by atoms with E-state index in [9.17, 15) is 9.59 Å². The third-order valence-corrected chi connectivity index (χ3v) is 5.85. The molecule has 0 aliphatic carbocycles. The predicted octanol–water partition coefficient (Wildman–Crippen LogP) is 4.76. The molecule has 0 radical (unpaired) electrons. The van der Waals surface area contributed by atoms with Crippen molar-refractivity contribution in [1.29, 1.82) is 0 Å². The number of halogens is 1. The molecule has 5 aromatic rings. The molecule has 32 heavy (non-hydrogen) atoms. The molecule has 0 saturated carbocycles. The van der Waals surface area contributed by atoms with E-state index in [1.54, 1.807) is 30.5 Å². The van der Waals surface area contributed by atoms with Crippen LogP contribution in [0.5, 0.6) is 0 Å². The fraction of sp³-hybridized carbons (Fsp3) is 0.0800. The average Bonchev–Trinajstić information content (AvgIpc) is 3.15. The quantitative estimate of drug-likeness (QED) is 0.421. The summed E-state index contributed by atoms with van der Waals surface area (Å²) < 4.78 is 1.50. The van der Waals surface area contributed by atoms with Gasteiger partial charge in [0.2, 0.25) is 0 Å². The molecule has 2 heterocycles. The van der Waals surface area contributed by atoms with E-state index in [4.69, 9.17) is 11.6 Å². The van der Waals surface area contributed by atoms with Crippen LogP contribution in [0.25, 0.3) is 27.5 Å². The van der Waals surface area contributed by atoms with E-state index in [0.717, 1.165) is 16.8 Å². The summed E-state index contributed by atoms with van der Waals surface area (Å²) in [6.45, 7) is 2.31. The van der Waals surface area contributed by atoms with Crippen molar-refractivity contribution in [3.8, 4) is 5.69 Å². The van der Waals surface area contributed by atoms with Crippen LogP contribution in [0.15, 0.2) is 77.7 Å². The molecular weight excluding hydrogens is 424 g/mol. The van der Waals surface area contributed by atoms with Crippen LogP contribution in [0, 0.1) is 6.92 Å². The van der Waals surface area contributed by atoms with Crippen LogP contribution in [0.3, 0.4) is 0 Å². The van der Waals surface area contributed by atoms with Crippen molar-refractivity contribution in [1.82, 2.24) is 20.1 Å². The van der Waals surface area contributed by atoms with E-state index in [-0.39, 0.29) is 11.5 Å². The highest BCUT2D eigenvalue weighted by Gasteiger charge is 2.14. The van der Waals surface area contributed by atoms with Crippen molar-refractivity contribution in [2.75, 3.05) is 0 Å². The Kier molecular flexibility index (Phi) is 4.99. The standard InChI is InChI=1S/C25H19ClN4O2/c1-15-6-9-18(10-7-15)30-25(32)20-14-27-22-11-8-16(12-19(22)23(20)29-30)24(31)28-13-17-4-2-3-5-21(17)26/h2-12,14,29H,13H2,1H3,(H,28,31). The zero-order valence-electron chi connectivity index (χ0n) is 17.2. The third-order valence-electron chi connectivity index (χ3n) is 5.48. The first-order valence-electron chi connectivity index (χ1n) is 10.1. The molecule has 0 bridgehead atoms. The number of carbonyl (C=O) groups excluding carboxylic acids is 1. The third kappa shape index (κ3) is 3.55. The second kappa shape index (κ2) is 7.98. The van der Waals surface area contributed by atoms with E-state index >= 15 is 0 Å². The summed E-state index contributed by atoms with van der Waals surface area (Å²) in [5.74, 6) is -0.232. The van der Waals surface area contributed by atoms with E-state index in [1.165, 1.54) is 4.68 Å². The largest absolute Gasteiger partial charge is 0.348 e. The SMILES string of the molecule is Cc1ccc(-n2[nH]c3c(cnc4ccc(C(=O)NCc5ccccc5Cl)cc43)c2=O)cc1. The number of aromatic nitrogens is 3. The second-order valence-electron chi connectivity index (χ2n) is 7.64. The van der Waals surface area contributed by atoms with Gasteiger partial charge in [-0.1, -0.05) is 47.5 Å². The fourth-order valence-corrected chi connectivity index (χ4v) is 3.90. The van der Waals surface area contributed by atoms with Gasteiger partial charge >= 0.3 is 0 Å². The normalized spacial score (nSPS) is 11.2. The van der Waals surface area contributed by atoms with Gasteiger partial charge in [-0.2, -0.15) is 0 Å². The smallest absolute Gasteiger partial charge is 0.280 e. The van der Waals surface area contributed by atoms with Crippen LogP contribution in [0.2, 0.25) is 5.02 Å². The van der Waals surface area contributed by atoms with Gasteiger partial charge in [0.15, 0.2) is 0 Å². The Labute approximate surface area is 188 Å². The van der Waals surface area contributed by atoms with Crippen LogP contribution in [-0.4, -0.2) is 20.7 Å². The number of rotatable bonds is 4. The number of hydrogen-bond donors (Lipinski definition) is 2. The van der Waals surface area contributed by atoms with Crippen molar-refractivity contribution >= 4 is 39.3 Å². The number of aromatic amines is 1. The summed E-state index contributed by atoms with van der Waals surface area (Å²) in [5, 5.41) is 7.86. The van der Waals surface area contributed by atoms with Gasteiger partial charge in [-0.3, -0.25) is 19.7 Å². The summed E-state index contributed by atoms with van der Waals surface area (Å²) in [7, 11) is 0. The van der Waals surface area contributed by atoms with Gasteiger partial charge in [-0.05, 0) is 48.9 Å². The molecule has 0 unspecified atom stereocenters. The summed E-state index contributed by atoms with van der Waals surface area (Å²) in [6, 6.07) is 20.3. The molecule has 0 spiro atoms. The minimum atomic E-state index is -0.232. The summed E-state index contributed by atoms with van der Waals surface area (Å²) in [6.07, 6.45) is 1.57. The molecule has 3 aromatic carbocycles. The highest BCUT2D eigenvalue weighted by Crippen LogP contribution is 2.23. The molecule has 0 fully saturated rings. The number of benzene rings is 3. The van der Waals surface area contributed by atoms with Gasteiger partial charge in [-0.15, -0.1) is 0 Å². The summed E-state index contributed by atoms with van der Waals surface area (Å²) in [4.78, 5) is 30.2. The molecule has 6 nitrogen and oxygen atoms in total. The number of carbonyl (C=O) groups is 1. The second-order valence-corrected chi connectivity index (χ2v) is 8.05. The molecular formula is C25H19ClN4O2. The number of fused-ring (bicyclic) bond motifs is 3. The summed E-state index contributed by atoms with van der Waals surface area (Å²) in [5.41, 5.74) is 4.30. The molecule has 0 aliphatic heterocycles. The van der Waals surface area contributed by atoms with E-state index in [0.29, 0.717) is 38.9 Å². The Morgan fingerprint density at radius 3 is 2.62 bits per heavy atom. The first-order chi connectivity index (χ1) is 15.5.